The van der Waals surface area contributed by atoms with E-state index < -0.39 is 0 Å². The predicted molar refractivity (Wildman–Crippen MR) is 122 cm³/mol. The third kappa shape index (κ3) is 6.73. The van der Waals surface area contributed by atoms with Crippen molar-refractivity contribution in [3.63, 3.8) is 0 Å². The van der Waals surface area contributed by atoms with Crippen LogP contribution in [-0.4, -0.2) is 32.2 Å². The third-order valence-electron chi connectivity index (χ3n) is 4.23. The minimum atomic E-state index is -0.269. The maximum atomic E-state index is 12.4. The van der Waals surface area contributed by atoms with E-state index in [1.165, 1.54) is 6.20 Å². The Hall–Kier alpha value is -2.52. The molecule has 3 rings (SSSR count). The van der Waals surface area contributed by atoms with E-state index in [1.54, 1.807) is 22.8 Å². The van der Waals surface area contributed by atoms with Gasteiger partial charge in [0.2, 0.25) is 11.8 Å². The summed E-state index contributed by atoms with van der Waals surface area (Å²) in [5, 5.41) is 16.3. The molecule has 1 aromatic heterocycles. The fourth-order valence-corrected chi connectivity index (χ4v) is 3.79. The summed E-state index contributed by atoms with van der Waals surface area (Å²) in [7, 11) is 0. The summed E-state index contributed by atoms with van der Waals surface area (Å²) in [6.07, 6.45) is 1.49. The lowest BCUT2D eigenvalue weighted by Crippen LogP contribution is -2.28. The number of rotatable bonds is 9. The van der Waals surface area contributed by atoms with Crippen molar-refractivity contribution in [2.75, 3.05) is 11.1 Å². The lowest BCUT2D eigenvalue weighted by Gasteiger charge is -2.11. The maximum absolute atomic E-state index is 12.4. The molecule has 3 aromatic rings. The molecule has 0 bridgehead atoms. The summed E-state index contributed by atoms with van der Waals surface area (Å²) >= 11 is 13.0. The molecule has 31 heavy (non-hydrogen) atoms. The van der Waals surface area contributed by atoms with Crippen molar-refractivity contribution in [2.24, 2.45) is 0 Å². The van der Waals surface area contributed by atoms with Crippen LogP contribution >= 0.6 is 35.0 Å². The fraction of sp³-hybridized carbons (Fsp3) is 0.190. The van der Waals surface area contributed by atoms with Gasteiger partial charge in [-0.25, -0.2) is 4.98 Å². The molecular weight excluding hydrogens is 459 g/mol. The van der Waals surface area contributed by atoms with E-state index in [1.807, 2.05) is 30.3 Å². The highest BCUT2D eigenvalue weighted by Crippen LogP contribution is 2.25. The van der Waals surface area contributed by atoms with Gasteiger partial charge in [-0.3, -0.25) is 9.59 Å². The van der Waals surface area contributed by atoms with Crippen LogP contribution in [0.3, 0.4) is 0 Å². The Labute approximate surface area is 193 Å². The molecule has 0 aliphatic carbocycles. The number of carbonyl (C=O) groups excluding carboxylic acids is 2. The molecule has 7 nitrogen and oxygen atoms in total. The Bertz CT molecular complexity index is 1060. The Morgan fingerprint density at radius 1 is 1.06 bits per heavy atom. The average molecular weight is 479 g/mol. The van der Waals surface area contributed by atoms with Gasteiger partial charge >= 0.3 is 0 Å². The summed E-state index contributed by atoms with van der Waals surface area (Å²) in [6.45, 7) is 0.117. The van der Waals surface area contributed by atoms with Crippen LogP contribution in [0.25, 0.3) is 0 Å². The molecule has 0 radical (unpaired) electrons. The maximum Gasteiger partial charge on any atom is 0.240 e. The molecule has 162 valence electrons. The van der Waals surface area contributed by atoms with Crippen molar-refractivity contribution >= 4 is 52.5 Å². The lowest BCUT2D eigenvalue weighted by molar-refractivity contribution is -0.122. The van der Waals surface area contributed by atoms with Gasteiger partial charge in [-0.1, -0.05) is 65.3 Å². The minimum absolute atomic E-state index is 0.0144. The Kier molecular flexibility index (Phi) is 8.36. The zero-order valence-electron chi connectivity index (χ0n) is 16.3. The van der Waals surface area contributed by atoms with Crippen molar-refractivity contribution in [1.29, 1.82) is 0 Å². The number of nitrogens with one attached hydrogen (secondary N) is 2. The van der Waals surface area contributed by atoms with Crippen molar-refractivity contribution < 1.29 is 14.7 Å². The molecule has 0 unspecified atom stereocenters. The number of aliphatic hydroxyl groups is 1. The molecule has 1 heterocycles. The molecule has 0 saturated carbocycles. The zero-order valence-corrected chi connectivity index (χ0v) is 18.7. The lowest BCUT2D eigenvalue weighted by atomic mass is 10.2. The number of anilines is 1. The van der Waals surface area contributed by atoms with Gasteiger partial charge in [0.15, 0.2) is 5.16 Å². The van der Waals surface area contributed by atoms with Crippen molar-refractivity contribution in [3.05, 3.63) is 76.0 Å². The average Bonchev–Trinajstić information content (AvgIpc) is 3.15. The smallest absolute Gasteiger partial charge is 0.240 e. The van der Waals surface area contributed by atoms with Crippen LogP contribution in [0.4, 0.5) is 5.69 Å². The first kappa shape index (κ1) is 23.1. The van der Waals surface area contributed by atoms with Gasteiger partial charge in [0, 0.05) is 12.2 Å². The highest BCUT2D eigenvalue weighted by atomic mass is 35.5. The SMILES string of the molecule is O=C(Cn1c(CO)cnc1SCC(=O)Nc1ccc(Cl)c(Cl)c1)NCc1ccccc1. The number of aromatic nitrogens is 2. The third-order valence-corrected chi connectivity index (χ3v) is 5.96. The van der Waals surface area contributed by atoms with E-state index in [2.05, 4.69) is 15.6 Å². The summed E-state index contributed by atoms with van der Waals surface area (Å²) < 4.78 is 1.59. The second-order valence-electron chi connectivity index (χ2n) is 6.50. The Morgan fingerprint density at radius 3 is 2.55 bits per heavy atom. The quantitative estimate of drug-likeness (QED) is 0.407. The fourth-order valence-electron chi connectivity index (χ4n) is 2.70. The van der Waals surface area contributed by atoms with E-state index in [0.29, 0.717) is 33.1 Å². The van der Waals surface area contributed by atoms with Gasteiger partial charge in [-0.05, 0) is 23.8 Å². The van der Waals surface area contributed by atoms with E-state index in [4.69, 9.17) is 23.2 Å². The van der Waals surface area contributed by atoms with Crippen LogP contribution < -0.4 is 10.6 Å². The van der Waals surface area contributed by atoms with Gasteiger partial charge in [0.25, 0.3) is 0 Å². The predicted octanol–water partition coefficient (Wildman–Crippen LogP) is 3.73. The van der Waals surface area contributed by atoms with Crippen LogP contribution in [0.1, 0.15) is 11.3 Å². The largest absolute Gasteiger partial charge is 0.390 e. The van der Waals surface area contributed by atoms with E-state index in [9.17, 15) is 14.7 Å². The molecule has 2 amide bonds. The number of hydrogen-bond donors (Lipinski definition) is 3. The van der Waals surface area contributed by atoms with Gasteiger partial charge < -0.3 is 20.3 Å². The first-order chi connectivity index (χ1) is 15.0. The number of nitrogens with zero attached hydrogens (tertiary/aromatic N) is 2. The van der Waals surface area contributed by atoms with Crippen LogP contribution in [-0.2, 0) is 29.3 Å². The van der Waals surface area contributed by atoms with Gasteiger partial charge in [-0.2, -0.15) is 0 Å². The molecule has 0 aliphatic heterocycles. The molecular formula is C21H20Cl2N4O3S. The molecule has 0 saturated heterocycles. The van der Waals surface area contributed by atoms with E-state index in [0.717, 1.165) is 17.3 Å². The van der Waals surface area contributed by atoms with E-state index >= 15 is 0 Å². The minimum Gasteiger partial charge on any atom is -0.390 e. The normalized spacial score (nSPS) is 10.7. The first-order valence-corrected chi connectivity index (χ1v) is 11.0. The number of hydrogen-bond acceptors (Lipinski definition) is 5. The topological polar surface area (TPSA) is 96.2 Å². The highest BCUT2D eigenvalue weighted by molar-refractivity contribution is 7.99. The molecule has 0 spiro atoms. The van der Waals surface area contributed by atoms with Gasteiger partial charge in [0.1, 0.15) is 6.54 Å². The number of thioether (sulfide) groups is 1. The van der Waals surface area contributed by atoms with E-state index in [-0.39, 0.29) is 30.7 Å². The monoisotopic (exact) mass is 478 g/mol. The summed E-state index contributed by atoms with van der Waals surface area (Å²) in [4.78, 5) is 28.9. The second-order valence-corrected chi connectivity index (χ2v) is 8.26. The molecule has 0 atom stereocenters. The van der Waals surface area contributed by atoms with Crippen LogP contribution in [0, 0.1) is 0 Å². The molecule has 10 heteroatoms. The zero-order chi connectivity index (χ0) is 22.2. The first-order valence-electron chi connectivity index (χ1n) is 9.30. The Balaban J connectivity index is 1.57. The number of imidazole rings is 1. The van der Waals surface area contributed by atoms with Crippen molar-refractivity contribution in [1.82, 2.24) is 14.9 Å². The van der Waals surface area contributed by atoms with Gasteiger partial charge in [-0.15, -0.1) is 0 Å². The van der Waals surface area contributed by atoms with Crippen molar-refractivity contribution in [2.45, 2.75) is 24.9 Å². The molecule has 2 aromatic carbocycles. The number of benzene rings is 2. The van der Waals surface area contributed by atoms with Crippen LogP contribution in [0.5, 0.6) is 0 Å². The van der Waals surface area contributed by atoms with Crippen LogP contribution in [0.15, 0.2) is 59.9 Å². The number of amides is 2. The molecule has 0 fully saturated rings. The van der Waals surface area contributed by atoms with Crippen LogP contribution in [0.2, 0.25) is 10.0 Å². The molecule has 0 aliphatic rings. The second kappa shape index (κ2) is 11.2. The number of aliphatic hydroxyl groups excluding tert-OH is 1. The van der Waals surface area contributed by atoms with Crippen molar-refractivity contribution in [3.8, 4) is 0 Å². The summed E-state index contributed by atoms with van der Waals surface area (Å²) in [6, 6.07) is 14.4. The Morgan fingerprint density at radius 2 is 1.84 bits per heavy atom. The molecule has 3 N–H and O–H groups in total. The number of carbonyl (C=O) groups is 2. The summed E-state index contributed by atoms with van der Waals surface area (Å²) in [5.74, 6) is -0.427. The highest BCUT2D eigenvalue weighted by Gasteiger charge is 2.15. The summed E-state index contributed by atoms with van der Waals surface area (Å²) in [5.41, 5.74) is 2.00. The van der Waals surface area contributed by atoms with Gasteiger partial charge in [0.05, 0.1) is 34.3 Å². The number of halogens is 2. The standard InChI is InChI=1S/C21H20Cl2N4O3S/c22-17-7-6-15(8-18(17)23)26-20(30)13-31-21-25-10-16(12-28)27(21)11-19(29)24-9-14-4-2-1-3-5-14/h1-8,10,28H,9,11-13H2,(H,24,29)(H,26,30).